The average molecular weight is 263 g/mol. The van der Waals surface area contributed by atoms with Crippen molar-refractivity contribution in [3.05, 3.63) is 34.5 Å². The van der Waals surface area contributed by atoms with Crippen LogP contribution in [0.5, 0.6) is 0 Å². The minimum absolute atomic E-state index is 0.487. The third-order valence-electron chi connectivity index (χ3n) is 3.79. The van der Waals surface area contributed by atoms with Crippen molar-refractivity contribution in [3.8, 4) is 0 Å². The molecule has 2 aromatic rings. The second-order valence-corrected chi connectivity index (χ2v) is 5.54. The Bertz CT molecular complexity index is 559. The molecular formula is C15H19ClN2. The van der Waals surface area contributed by atoms with Gasteiger partial charge in [0.2, 0.25) is 0 Å². The van der Waals surface area contributed by atoms with Crippen LogP contribution in [0.25, 0.3) is 10.9 Å². The quantitative estimate of drug-likeness (QED) is 0.853. The summed E-state index contributed by atoms with van der Waals surface area (Å²) >= 11 is 6.14. The van der Waals surface area contributed by atoms with Gasteiger partial charge in [-0.05, 0) is 56.0 Å². The fourth-order valence-corrected chi connectivity index (χ4v) is 3.16. The van der Waals surface area contributed by atoms with Gasteiger partial charge in [-0.15, -0.1) is 0 Å². The normalized spacial score (nSPS) is 19.1. The molecule has 96 valence electrons. The molecule has 1 aliphatic carbocycles. The number of H-pyrrole nitrogens is 1. The maximum Gasteiger partial charge on any atom is 0.0460 e. The summed E-state index contributed by atoms with van der Waals surface area (Å²) in [5.74, 6) is 0. The Hall–Kier alpha value is -0.990. The van der Waals surface area contributed by atoms with Gasteiger partial charge in [0, 0.05) is 27.7 Å². The van der Waals surface area contributed by atoms with E-state index < -0.39 is 0 Å². The van der Waals surface area contributed by atoms with Crippen LogP contribution < -0.4 is 5.32 Å². The van der Waals surface area contributed by atoms with Crippen molar-refractivity contribution in [3.63, 3.8) is 0 Å². The zero-order valence-electron chi connectivity index (χ0n) is 10.7. The van der Waals surface area contributed by atoms with Crippen molar-refractivity contribution in [1.82, 2.24) is 10.3 Å². The maximum atomic E-state index is 6.14. The molecular weight excluding hydrogens is 244 g/mol. The molecule has 0 amide bonds. The number of aryl methyl sites for hydroxylation is 1. The van der Waals surface area contributed by atoms with E-state index in [0.717, 1.165) is 18.0 Å². The minimum atomic E-state index is 0.487. The lowest BCUT2D eigenvalue weighted by Gasteiger charge is -2.24. The average Bonchev–Trinajstić information content (AvgIpc) is 2.74. The molecule has 0 fully saturated rings. The molecule has 3 heteroatoms. The summed E-state index contributed by atoms with van der Waals surface area (Å²) in [6.45, 7) is 3.29. The summed E-state index contributed by atoms with van der Waals surface area (Å²) in [6, 6.07) is 6.63. The van der Waals surface area contributed by atoms with Gasteiger partial charge in [0.05, 0.1) is 0 Å². The van der Waals surface area contributed by atoms with E-state index in [1.54, 1.807) is 0 Å². The highest BCUT2D eigenvalue weighted by atomic mass is 35.5. The van der Waals surface area contributed by atoms with Gasteiger partial charge in [-0.2, -0.15) is 0 Å². The number of fused-ring (bicyclic) bond motifs is 3. The maximum absolute atomic E-state index is 6.14. The van der Waals surface area contributed by atoms with E-state index in [1.165, 1.54) is 41.4 Å². The van der Waals surface area contributed by atoms with Crippen molar-refractivity contribution in [2.24, 2.45) is 0 Å². The SMILES string of the molecule is CCCNC1CCCc2[nH]c3ccc(Cl)cc3c21. The molecule has 1 unspecified atom stereocenters. The third-order valence-corrected chi connectivity index (χ3v) is 4.03. The van der Waals surface area contributed by atoms with Crippen LogP contribution in [0.2, 0.25) is 5.02 Å². The first-order chi connectivity index (χ1) is 8.79. The van der Waals surface area contributed by atoms with Crippen molar-refractivity contribution in [2.75, 3.05) is 6.54 Å². The Kier molecular flexibility index (Phi) is 3.31. The number of hydrogen-bond acceptors (Lipinski definition) is 1. The number of halogens is 1. The Morgan fingerprint density at radius 3 is 3.17 bits per heavy atom. The molecule has 1 heterocycles. The number of aromatic amines is 1. The van der Waals surface area contributed by atoms with Crippen LogP contribution in [0.15, 0.2) is 18.2 Å². The van der Waals surface area contributed by atoms with Crippen LogP contribution >= 0.6 is 11.6 Å². The van der Waals surface area contributed by atoms with E-state index in [4.69, 9.17) is 11.6 Å². The van der Waals surface area contributed by atoms with Crippen LogP contribution in [0.3, 0.4) is 0 Å². The summed E-state index contributed by atoms with van der Waals surface area (Å²) in [4.78, 5) is 3.55. The summed E-state index contributed by atoms with van der Waals surface area (Å²) in [5, 5.41) is 5.78. The first kappa shape index (κ1) is 12.1. The van der Waals surface area contributed by atoms with Gasteiger partial charge in [-0.3, -0.25) is 0 Å². The lowest BCUT2D eigenvalue weighted by Crippen LogP contribution is -2.25. The molecule has 1 aliphatic rings. The first-order valence-electron chi connectivity index (χ1n) is 6.83. The van der Waals surface area contributed by atoms with Crippen molar-refractivity contribution < 1.29 is 0 Å². The largest absolute Gasteiger partial charge is 0.358 e. The molecule has 18 heavy (non-hydrogen) atoms. The van der Waals surface area contributed by atoms with Crippen molar-refractivity contribution in [2.45, 2.75) is 38.6 Å². The van der Waals surface area contributed by atoms with Gasteiger partial charge < -0.3 is 10.3 Å². The predicted molar refractivity (Wildman–Crippen MR) is 77.3 cm³/mol. The molecule has 0 saturated carbocycles. The molecule has 0 saturated heterocycles. The Morgan fingerprint density at radius 1 is 1.44 bits per heavy atom. The Balaban J connectivity index is 2.07. The van der Waals surface area contributed by atoms with E-state index in [0.29, 0.717) is 6.04 Å². The lowest BCUT2D eigenvalue weighted by atomic mass is 9.90. The number of hydrogen-bond donors (Lipinski definition) is 2. The predicted octanol–water partition coefficient (Wildman–Crippen LogP) is 4.20. The van der Waals surface area contributed by atoms with Crippen LogP contribution in [0, 0.1) is 0 Å². The molecule has 0 aliphatic heterocycles. The molecule has 1 aromatic heterocycles. The second kappa shape index (κ2) is 4.94. The molecule has 2 N–H and O–H groups in total. The zero-order valence-corrected chi connectivity index (χ0v) is 11.5. The number of nitrogens with one attached hydrogen (secondary N) is 2. The van der Waals surface area contributed by atoms with Gasteiger partial charge in [0.1, 0.15) is 0 Å². The third kappa shape index (κ3) is 2.04. The highest BCUT2D eigenvalue weighted by molar-refractivity contribution is 6.31. The lowest BCUT2D eigenvalue weighted by molar-refractivity contribution is 0.461. The van der Waals surface area contributed by atoms with Gasteiger partial charge in [0.25, 0.3) is 0 Å². The summed E-state index contributed by atoms with van der Waals surface area (Å²) in [7, 11) is 0. The molecule has 1 aromatic carbocycles. The number of rotatable bonds is 3. The number of benzene rings is 1. The summed E-state index contributed by atoms with van der Waals surface area (Å²) in [5.41, 5.74) is 4.06. The van der Waals surface area contributed by atoms with E-state index >= 15 is 0 Å². The van der Waals surface area contributed by atoms with Gasteiger partial charge in [0.15, 0.2) is 0 Å². The minimum Gasteiger partial charge on any atom is -0.358 e. The van der Waals surface area contributed by atoms with Crippen LogP contribution in [0.4, 0.5) is 0 Å². The second-order valence-electron chi connectivity index (χ2n) is 5.11. The Labute approximate surface area is 113 Å². The summed E-state index contributed by atoms with van der Waals surface area (Å²) in [6.07, 6.45) is 4.82. The van der Waals surface area contributed by atoms with Gasteiger partial charge in [-0.1, -0.05) is 18.5 Å². The fourth-order valence-electron chi connectivity index (χ4n) is 2.99. The highest BCUT2D eigenvalue weighted by Crippen LogP contribution is 2.36. The topological polar surface area (TPSA) is 27.8 Å². The fraction of sp³-hybridized carbons (Fsp3) is 0.467. The van der Waals surface area contributed by atoms with E-state index in [2.05, 4.69) is 29.4 Å². The molecule has 0 bridgehead atoms. The monoisotopic (exact) mass is 262 g/mol. The number of aromatic nitrogens is 1. The zero-order chi connectivity index (χ0) is 12.5. The smallest absolute Gasteiger partial charge is 0.0460 e. The van der Waals surface area contributed by atoms with Gasteiger partial charge >= 0.3 is 0 Å². The first-order valence-corrected chi connectivity index (χ1v) is 7.20. The summed E-state index contributed by atoms with van der Waals surface area (Å²) < 4.78 is 0. The molecule has 1 atom stereocenters. The van der Waals surface area contributed by atoms with E-state index in [9.17, 15) is 0 Å². The molecule has 3 rings (SSSR count). The van der Waals surface area contributed by atoms with Crippen LogP contribution in [-0.4, -0.2) is 11.5 Å². The molecule has 0 spiro atoms. The Morgan fingerprint density at radius 2 is 2.33 bits per heavy atom. The standard InChI is InChI=1S/C15H19ClN2/c1-2-8-17-13-4-3-5-14-15(13)11-9-10(16)6-7-12(11)18-14/h6-7,9,13,17-18H,2-5,8H2,1H3. The molecule has 2 nitrogen and oxygen atoms in total. The van der Waals surface area contributed by atoms with Crippen LogP contribution in [0.1, 0.15) is 43.5 Å². The van der Waals surface area contributed by atoms with Crippen molar-refractivity contribution >= 4 is 22.5 Å². The molecule has 0 radical (unpaired) electrons. The van der Waals surface area contributed by atoms with E-state index in [-0.39, 0.29) is 0 Å². The van der Waals surface area contributed by atoms with E-state index in [1.807, 2.05) is 6.07 Å². The highest BCUT2D eigenvalue weighted by Gasteiger charge is 2.23. The van der Waals surface area contributed by atoms with Gasteiger partial charge in [-0.25, -0.2) is 0 Å². The van der Waals surface area contributed by atoms with Crippen molar-refractivity contribution in [1.29, 1.82) is 0 Å². The van der Waals surface area contributed by atoms with Crippen LogP contribution in [-0.2, 0) is 6.42 Å².